The molecule has 37 rings (SSSR count). The first-order valence-corrected chi connectivity index (χ1v) is 31.3. The fourth-order valence-electron chi connectivity index (χ4n) is 33.2. The zero-order chi connectivity index (χ0) is 60.2. The van der Waals surface area contributed by atoms with E-state index in [0.717, 1.165) is 0 Å². The number of rotatable bonds is 0. The molecule has 92 heavy (non-hydrogen) atoms. The first-order valence-electron chi connectivity index (χ1n) is 31.3. The number of halogens is 18. The van der Waals surface area contributed by atoms with Gasteiger partial charge in [0.1, 0.15) is 0 Å². The second kappa shape index (κ2) is 8.38. The molecule has 0 amide bonds. The van der Waals surface area contributed by atoms with Crippen molar-refractivity contribution in [2.75, 3.05) is 0 Å². The van der Waals surface area contributed by atoms with Gasteiger partial charge in [-0.2, -0.15) is 0 Å². The van der Waals surface area contributed by atoms with Gasteiger partial charge in [-0.05, 0) is 142 Å². The van der Waals surface area contributed by atoms with Crippen LogP contribution in [0.4, 0.5) is 79.0 Å². The topological polar surface area (TPSA) is 0 Å². The van der Waals surface area contributed by atoms with Crippen molar-refractivity contribution in [1.29, 1.82) is 0 Å². The van der Waals surface area contributed by atoms with Crippen molar-refractivity contribution >= 4 is 75.4 Å². The Balaban J connectivity index is 1.04. The quantitative estimate of drug-likeness (QED) is 0.105. The first-order chi connectivity index (χ1) is 43.6. The normalized spacial score (nSPS) is 54.0. The smallest absolute Gasteiger partial charge is 0.231 e. The van der Waals surface area contributed by atoms with Crippen LogP contribution in [0.25, 0.3) is 97.7 Å². The van der Waals surface area contributed by atoms with E-state index in [2.05, 4.69) is 0 Å². The zero-order valence-corrected chi connectivity index (χ0v) is 44.6. The van der Waals surface area contributed by atoms with E-state index in [4.69, 9.17) is 0 Å². The highest BCUT2D eigenvalue weighted by atomic mass is 19.2. The summed E-state index contributed by atoms with van der Waals surface area (Å²) in [5, 5.41) is -7.67. The van der Waals surface area contributed by atoms with Crippen LogP contribution in [-0.4, -0.2) is 17.0 Å². The van der Waals surface area contributed by atoms with Gasteiger partial charge in [-0.25, -0.2) is 79.0 Å². The van der Waals surface area contributed by atoms with E-state index in [1.165, 1.54) is 0 Å². The standard InChI is InChI=1S/C74H10F18/c75-57-37-18-14-13-15-17-16(14)33-20-22(18)39(57)45-27-24(20)35-29-30-36-25-21(34(17)56(36)32-10-6-2-1-5-9(10)31(55(33,35)56)11-7-3-4-8-12(11)32)23-19(15)38-44-26(13)43(37)60(78)61(44,79)67(85)50-49-51-53-54-52(50)69(87)63(81)46(40(23)58(38,76)73(67,69)91)28(25)48-42(30)59(77)41(29)47(27)64(82,62(45,80)68(51,86)72(57,90)66(49,60)84)70(53,88)74(59,92)71(54,89)65(48,63)83/h1-8,31-32H. The molecule has 11 aromatic carbocycles. The Morgan fingerprint density at radius 3 is 0.696 bits per heavy atom. The maximum absolute atomic E-state index is 22.6. The van der Waals surface area contributed by atoms with Gasteiger partial charge >= 0.3 is 0 Å². The minimum absolute atomic E-state index is 0.0373. The molecule has 26 aliphatic rings. The molecule has 18 heteroatoms. The van der Waals surface area contributed by atoms with E-state index in [-0.39, 0.29) is 71.1 Å². The summed E-state index contributed by atoms with van der Waals surface area (Å²) in [6.07, 6.45) is 0. The van der Waals surface area contributed by atoms with Crippen LogP contribution in [0.5, 0.6) is 0 Å². The zero-order valence-electron chi connectivity index (χ0n) is 44.6. The largest absolute Gasteiger partial charge is 0.236 e. The molecule has 0 nitrogen and oxygen atoms in total. The number of benzene rings is 11. The predicted octanol–water partition coefficient (Wildman–Crippen LogP) is 16.8. The highest BCUT2D eigenvalue weighted by Gasteiger charge is 3.18. The Kier molecular flexibility index (Phi) is 3.78. The molecule has 11 aromatic rings. The van der Waals surface area contributed by atoms with Crippen LogP contribution in [0, 0.1) is 0 Å². The average molecular weight is 1240 g/mol. The molecular formula is C74H10F18. The van der Waals surface area contributed by atoms with Crippen LogP contribution in [-0.2, 0) is 95.9 Å². The lowest BCUT2D eigenvalue weighted by atomic mass is 9.32. The van der Waals surface area contributed by atoms with E-state index >= 15 is 79.0 Å². The first kappa shape index (κ1) is 41.5. The van der Waals surface area contributed by atoms with Gasteiger partial charge in [-0.3, -0.25) is 0 Å². The van der Waals surface area contributed by atoms with Gasteiger partial charge in [0.2, 0.25) is 102 Å². The van der Waals surface area contributed by atoms with E-state index < -0.39 is 274 Å². The third-order valence-corrected chi connectivity index (χ3v) is 33.3. The molecule has 0 N–H and O–H groups in total. The SMILES string of the molecule is FC12c3c4c5c6c7c3C3(F)C8(F)c7c7c9c6c6c%10c%11c9c9c%12c%13c%14c%15c%16c%17c%18c%19c%20c(c1c-4c1c%20c%17c(c-%10c%16c%13%11)C14C1c%10ccccc%10C(c%10ccccc%101)C564)C1(F)C%19(F)C4(F)c5c6c(c%10c%11c5C(F)(C%14(F)C%12(F)C%11(F)C(F)(C79F)C%108F)C4(F)C%18%15F)C3(F)C2(F)C61F. The Bertz CT molecular complexity index is 6660. The third-order valence-electron chi connectivity index (χ3n) is 33.3. The van der Waals surface area contributed by atoms with Crippen LogP contribution in [0.1, 0.15) is 156 Å². The van der Waals surface area contributed by atoms with Crippen LogP contribution in [0.2, 0.25) is 0 Å². The van der Waals surface area contributed by atoms with Crippen LogP contribution >= 0.6 is 0 Å². The lowest BCUT2D eigenvalue weighted by molar-refractivity contribution is -0.378. The summed E-state index contributed by atoms with van der Waals surface area (Å²) in [6.45, 7) is 0. The van der Waals surface area contributed by atoms with Crippen LogP contribution in [0.15, 0.2) is 48.5 Å². The van der Waals surface area contributed by atoms with Crippen LogP contribution in [0.3, 0.4) is 0 Å². The van der Waals surface area contributed by atoms with Crippen molar-refractivity contribution in [1.82, 2.24) is 0 Å². The Labute approximate surface area is 492 Å². The van der Waals surface area contributed by atoms with E-state index in [0.29, 0.717) is 22.3 Å². The van der Waals surface area contributed by atoms with Gasteiger partial charge in [0.05, 0.1) is 0 Å². The molecule has 0 radical (unpaired) electrons. The number of hydrogen-bond acceptors (Lipinski definition) is 0. The van der Waals surface area contributed by atoms with Crippen LogP contribution < -0.4 is 0 Å². The molecule has 0 aromatic heterocycles. The molecule has 18 atom stereocenters. The van der Waals surface area contributed by atoms with E-state index in [1.807, 2.05) is 24.3 Å². The summed E-state index contributed by atoms with van der Waals surface area (Å²) in [6, 6.07) is 14.2. The monoisotopic (exact) mass is 1240 g/mol. The van der Waals surface area contributed by atoms with Gasteiger partial charge in [0.25, 0.3) is 0 Å². The molecule has 18 unspecified atom stereocenters. The van der Waals surface area contributed by atoms with Crippen molar-refractivity contribution in [3.8, 4) is 22.3 Å². The maximum Gasteiger partial charge on any atom is 0.236 e. The highest BCUT2D eigenvalue weighted by molar-refractivity contribution is 6.50. The molecule has 0 saturated carbocycles. The lowest BCUT2D eigenvalue weighted by Gasteiger charge is -2.68. The Morgan fingerprint density at radius 1 is 0.185 bits per heavy atom. The minimum Gasteiger partial charge on any atom is -0.231 e. The van der Waals surface area contributed by atoms with Crippen molar-refractivity contribution in [3.63, 3.8) is 0 Å². The van der Waals surface area contributed by atoms with Gasteiger partial charge in [0.15, 0.2) is 0 Å². The van der Waals surface area contributed by atoms with Crippen molar-refractivity contribution in [2.45, 2.75) is 125 Å². The molecule has 432 valence electrons. The van der Waals surface area contributed by atoms with Gasteiger partial charge in [-0.15, -0.1) is 0 Å². The van der Waals surface area contributed by atoms with Crippen molar-refractivity contribution in [2.24, 2.45) is 0 Å². The van der Waals surface area contributed by atoms with Gasteiger partial charge < -0.3 is 0 Å². The third kappa shape index (κ3) is 1.84. The summed E-state index contributed by atoms with van der Waals surface area (Å²) in [5.41, 5.74) is -143. The fourth-order valence-corrected chi connectivity index (χ4v) is 33.2. The highest BCUT2D eigenvalue weighted by Crippen LogP contribution is 3.08. The minimum atomic E-state index is -6.16. The second-order valence-electron chi connectivity index (χ2n) is 32.6. The molecule has 0 saturated heterocycles. The molecule has 26 aliphatic carbocycles. The van der Waals surface area contributed by atoms with E-state index in [9.17, 15) is 0 Å². The molecule has 2 bridgehead atoms. The van der Waals surface area contributed by atoms with Gasteiger partial charge in [0, 0.05) is 123 Å². The molecule has 2 spiro atoms. The lowest BCUT2D eigenvalue weighted by Crippen LogP contribution is -2.85. The number of hydrogen-bond donors (Lipinski definition) is 0. The summed E-state index contributed by atoms with van der Waals surface area (Å²) in [7, 11) is 0. The van der Waals surface area contributed by atoms with Crippen molar-refractivity contribution in [3.05, 3.63) is 193 Å². The van der Waals surface area contributed by atoms with Crippen molar-refractivity contribution < 1.29 is 79.0 Å². The summed E-state index contributed by atoms with van der Waals surface area (Å²) in [5.74, 6) is -2.41. The fraction of sp³-hybridized carbons (Fsp3) is 0.297. The Hall–Kier alpha value is -8.02. The summed E-state index contributed by atoms with van der Waals surface area (Å²) >= 11 is 0. The molecule has 0 fully saturated rings. The summed E-state index contributed by atoms with van der Waals surface area (Å²) in [4.78, 5) is 0. The Morgan fingerprint density at radius 2 is 0.402 bits per heavy atom. The average Bonchev–Trinajstić information content (AvgIpc) is 1.34. The summed E-state index contributed by atoms with van der Waals surface area (Å²) < 4.78 is 400. The second-order valence-corrected chi connectivity index (χ2v) is 32.6. The van der Waals surface area contributed by atoms with E-state index in [1.54, 1.807) is 24.3 Å². The van der Waals surface area contributed by atoms with Gasteiger partial charge in [-0.1, -0.05) is 48.5 Å². The molecule has 0 aliphatic heterocycles. The maximum atomic E-state index is 22.6. The number of alkyl halides is 18. The molecular weight excluding hydrogens is 1230 g/mol. The molecule has 0 heterocycles. The predicted molar refractivity (Wildman–Crippen MR) is 282 cm³/mol.